The number of carbonyl (C=O) groups excluding carboxylic acids is 3. The van der Waals surface area contributed by atoms with E-state index in [1.54, 1.807) is 4.90 Å². The summed E-state index contributed by atoms with van der Waals surface area (Å²) in [5.74, 6) is -0.336. The summed E-state index contributed by atoms with van der Waals surface area (Å²) in [6, 6.07) is -0.567. The molecule has 20 heavy (non-hydrogen) atoms. The molecule has 7 nitrogen and oxygen atoms in total. The fourth-order valence-electron chi connectivity index (χ4n) is 2.07. The maximum Gasteiger partial charge on any atom is 0.315 e. The molecular formula is C13H23N3O4. The van der Waals surface area contributed by atoms with Gasteiger partial charge in [-0.1, -0.05) is 0 Å². The minimum atomic E-state index is -0.375. The number of nitrogens with one attached hydrogen (secondary N) is 2. The molecular weight excluding hydrogens is 262 g/mol. The highest BCUT2D eigenvalue weighted by Crippen LogP contribution is 2.21. The Labute approximate surface area is 119 Å². The Kier molecular flexibility index (Phi) is 5.35. The molecule has 0 radical (unpaired) electrons. The Morgan fingerprint density at radius 1 is 1.40 bits per heavy atom. The van der Waals surface area contributed by atoms with Gasteiger partial charge in [0.05, 0.1) is 19.6 Å². The second-order valence-corrected chi connectivity index (χ2v) is 5.80. The van der Waals surface area contributed by atoms with Crippen molar-refractivity contribution in [2.24, 2.45) is 0 Å². The van der Waals surface area contributed by atoms with Crippen LogP contribution < -0.4 is 10.6 Å². The number of nitrogens with zero attached hydrogens (tertiary/aromatic N) is 1. The molecule has 2 N–H and O–H groups in total. The molecule has 1 rings (SSSR count). The van der Waals surface area contributed by atoms with E-state index in [1.165, 1.54) is 7.11 Å². The number of amides is 3. The van der Waals surface area contributed by atoms with Gasteiger partial charge >= 0.3 is 12.0 Å². The van der Waals surface area contributed by atoms with Gasteiger partial charge in [-0.2, -0.15) is 0 Å². The zero-order valence-corrected chi connectivity index (χ0v) is 12.5. The number of methoxy groups -OCH3 is 1. The van der Waals surface area contributed by atoms with Crippen LogP contribution in [0, 0.1) is 0 Å². The fourth-order valence-corrected chi connectivity index (χ4v) is 2.07. The Bertz CT molecular complexity index is 390. The highest BCUT2D eigenvalue weighted by molar-refractivity contribution is 5.82. The third kappa shape index (κ3) is 4.71. The zero-order valence-electron chi connectivity index (χ0n) is 12.5. The van der Waals surface area contributed by atoms with E-state index in [9.17, 15) is 14.4 Å². The number of urea groups is 1. The monoisotopic (exact) mass is 285 g/mol. The Balaban J connectivity index is 2.34. The molecule has 3 amide bonds. The number of rotatable bonds is 4. The third-order valence-electron chi connectivity index (χ3n) is 3.11. The summed E-state index contributed by atoms with van der Waals surface area (Å²) in [4.78, 5) is 36.1. The number of ether oxygens (including phenoxy) is 1. The van der Waals surface area contributed by atoms with Gasteiger partial charge in [0.25, 0.3) is 0 Å². The van der Waals surface area contributed by atoms with Crippen LogP contribution in [-0.2, 0) is 14.3 Å². The summed E-state index contributed by atoms with van der Waals surface area (Å²) in [5, 5.41) is 5.30. The summed E-state index contributed by atoms with van der Waals surface area (Å²) in [6.45, 7) is 6.60. The molecule has 0 aliphatic carbocycles. The molecule has 0 spiro atoms. The van der Waals surface area contributed by atoms with Gasteiger partial charge in [0.2, 0.25) is 5.91 Å². The van der Waals surface area contributed by atoms with Gasteiger partial charge in [-0.15, -0.1) is 0 Å². The van der Waals surface area contributed by atoms with Crippen molar-refractivity contribution in [3.8, 4) is 0 Å². The molecule has 1 aliphatic heterocycles. The van der Waals surface area contributed by atoms with E-state index in [2.05, 4.69) is 15.4 Å². The largest absolute Gasteiger partial charge is 0.469 e. The van der Waals surface area contributed by atoms with Crippen LogP contribution in [-0.4, -0.2) is 54.6 Å². The molecule has 1 saturated heterocycles. The van der Waals surface area contributed by atoms with E-state index in [0.717, 1.165) is 0 Å². The topological polar surface area (TPSA) is 87.7 Å². The van der Waals surface area contributed by atoms with Gasteiger partial charge in [0.15, 0.2) is 0 Å². The average Bonchev–Trinajstić information content (AvgIpc) is 2.69. The lowest BCUT2D eigenvalue weighted by atomic mass is 10.1. The van der Waals surface area contributed by atoms with Crippen LogP contribution in [0.25, 0.3) is 0 Å². The molecule has 1 fully saturated rings. The molecule has 0 saturated carbocycles. The smallest absolute Gasteiger partial charge is 0.315 e. The molecule has 1 atom stereocenters. The quantitative estimate of drug-likeness (QED) is 0.725. The molecule has 1 aliphatic rings. The average molecular weight is 285 g/mol. The summed E-state index contributed by atoms with van der Waals surface area (Å²) in [6.07, 6.45) is 0.434. The Hall–Kier alpha value is -1.79. The summed E-state index contributed by atoms with van der Waals surface area (Å²) < 4.78 is 4.47. The van der Waals surface area contributed by atoms with E-state index < -0.39 is 0 Å². The highest BCUT2D eigenvalue weighted by atomic mass is 16.5. The van der Waals surface area contributed by atoms with Gasteiger partial charge in [0.1, 0.15) is 0 Å². The molecule has 7 heteroatoms. The minimum Gasteiger partial charge on any atom is -0.469 e. The van der Waals surface area contributed by atoms with Crippen LogP contribution in [0.1, 0.15) is 33.6 Å². The van der Waals surface area contributed by atoms with Crippen molar-refractivity contribution < 1.29 is 19.1 Å². The first-order chi connectivity index (χ1) is 9.24. The lowest BCUT2D eigenvalue weighted by molar-refractivity contribution is -0.140. The van der Waals surface area contributed by atoms with Crippen molar-refractivity contribution in [2.45, 2.75) is 45.2 Å². The van der Waals surface area contributed by atoms with E-state index >= 15 is 0 Å². The highest BCUT2D eigenvalue weighted by Gasteiger charge is 2.36. The number of likely N-dealkylation sites (tertiary alicyclic amines) is 1. The van der Waals surface area contributed by atoms with Gasteiger partial charge in [-0.05, 0) is 20.8 Å². The number of hydrogen-bond acceptors (Lipinski definition) is 4. The Morgan fingerprint density at radius 2 is 2.05 bits per heavy atom. The number of carbonyl (C=O) groups is 3. The van der Waals surface area contributed by atoms with Crippen molar-refractivity contribution in [2.75, 3.05) is 20.2 Å². The number of hydrogen-bond donors (Lipinski definition) is 2. The molecule has 0 aromatic rings. The second-order valence-electron chi connectivity index (χ2n) is 5.80. The molecule has 1 heterocycles. The SMILES string of the molecule is COC(=O)CCNC(=O)NC1CC(=O)N(C(C)(C)C)C1. The molecule has 0 aromatic carbocycles. The molecule has 0 bridgehead atoms. The van der Waals surface area contributed by atoms with E-state index in [1.807, 2.05) is 20.8 Å². The minimum absolute atomic E-state index is 0.0392. The zero-order chi connectivity index (χ0) is 15.3. The molecule has 114 valence electrons. The van der Waals surface area contributed by atoms with Crippen molar-refractivity contribution in [3.05, 3.63) is 0 Å². The fraction of sp³-hybridized carbons (Fsp3) is 0.769. The maximum absolute atomic E-state index is 11.8. The first-order valence-corrected chi connectivity index (χ1v) is 6.65. The first-order valence-electron chi connectivity index (χ1n) is 6.65. The third-order valence-corrected chi connectivity index (χ3v) is 3.11. The van der Waals surface area contributed by atoms with Gasteiger partial charge in [-0.3, -0.25) is 9.59 Å². The molecule has 1 unspecified atom stereocenters. The van der Waals surface area contributed by atoms with Crippen LogP contribution >= 0.6 is 0 Å². The van der Waals surface area contributed by atoms with Gasteiger partial charge < -0.3 is 20.3 Å². The first kappa shape index (κ1) is 16.3. The van der Waals surface area contributed by atoms with E-state index in [4.69, 9.17) is 0 Å². The van der Waals surface area contributed by atoms with Crippen LogP contribution in [0.5, 0.6) is 0 Å². The maximum atomic E-state index is 11.8. The van der Waals surface area contributed by atoms with Crippen LogP contribution in [0.3, 0.4) is 0 Å². The lowest BCUT2D eigenvalue weighted by Crippen LogP contribution is -2.46. The van der Waals surface area contributed by atoms with Crippen LogP contribution in [0.15, 0.2) is 0 Å². The normalized spacial score (nSPS) is 18.9. The van der Waals surface area contributed by atoms with Crippen molar-refractivity contribution >= 4 is 17.9 Å². The van der Waals surface area contributed by atoms with E-state index in [0.29, 0.717) is 13.0 Å². The Morgan fingerprint density at radius 3 is 2.55 bits per heavy atom. The van der Waals surface area contributed by atoms with Crippen molar-refractivity contribution in [1.29, 1.82) is 0 Å². The predicted molar refractivity (Wildman–Crippen MR) is 73.0 cm³/mol. The summed E-state index contributed by atoms with van der Waals surface area (Å²) >= 11 is 0. The standard InChI is InChI=1S/C13H23N3O4/c1-13(2,3)16-8-9(7-10(16)17)15-12(19)14-6-5-11(18)20-4/h9H,5-8H2,1-4H3,(H2,14,15,19). The summed E-state index contributed by atoms with van der Waals surface area (Å²) in [5.41, 5.74) is -0.241. The molecule has 0 aromatic heterocycles. The van der Waals surface area contributed by atoms with Crippen molar-refractivity contribution in [1.82, 2.24) is 15.5 Å². The lowest BCUT2D eigenvalue weighted by Gasteiger charge is -2.32. The van der Waals surface area contributed by atoms with E-state index in [-0.39, 0.29) is 42.5 Å². The predicted octanol–water partition coefficient (Wildman–Crippen LogP) is 0.248. The summed E-state index contributed by atoms with van der Waals surface area (Å²) in [7, 11) is 1.30. The van der Waals surface area contributed by atoms with Crippen molar-refractivity contribution in [3.63, 3.8) is 0 Å². The van der Waals surface area contributed by atoms with Crippen LogP contribution in [0.2, 0.25) is 0 Å². The van der Waals surface area contributed by atoms with Gasteiger partial charge in [-0.25, -0.2) is 4.79 Å². The van der Waals surface area contributed by atoms with Crippen LogP contribution in [0.4, 0.5) is 4.79 Å². The second kappa shape index (κ2) is 6.58. The van der Waals surface area contributed by atoms with Gasteiger partial charge in [0, 0.05) is 25.0 Å². The number of esters is 1.